The first kappa shape index (κ1) is 17.8. The number of nitrogens with zero attached hydrogens (tertiary/aromatic N) is 2. The van der Waals surface area contributed by atoms with E-state index in [0.29, 0.717) is 24.4 Å². The molecule has 2 aromatic rings. The number of benzene rings is 1. The quantitative estimate of drug-likeness (QED) is 0.834. The lowest BCUT2D eigenvalue weighted by atomic mass is 9.78. The zero-order valence-corrected chi connectivity index (χ0v) is 15.8. The van der Waals surface area contributed by atoms with Gasteiger partial charge >= 0.3 is 0 Å². The molecule has 0 aliphatic carbocycles. The Morgan fingerprint density at radius 3 is 2.70 bits per heavy atom. The summed E-state index contributed by atoms with van der Waals surface area (Å²) in [5, 5.41) is 0. The van der Waals surface area contributed by atoms with Gasteiger partial charge in [-0.3, -0.25) is 9.59 Å². The molecule has 4 rings (SSSR count). The zero-order chi connectivity index (χ0) is 18.9. The molecule has 5 nitrogen and oxygen atoms in total. The third kappa shape index (κ3) is 3.38. The average molecular weight is 366 g/mol. The van der Waals surface area contributed by atoms with E-state index in [-0.39, 0.29) is 11.8 Å². The third-order valence-corrected chi connectivity index (χ3v) is 6.07. The molecule has 2 aliphatic heterocycles. The summed E-state index contributed by atoms with van der Waals surface area (Å²) < 4.78 is 5.27. The van der Waals surface area contributed by atoms with E-state index in [1.54, 1.807) is 19.3 Å². The monoisotopic (exact) mass is 366 g/mol. The summed E-state index contributed by atoms with van der Waals surface area (Å²) in [5.41, 5.74) is 1.46. The topological polar surface area (TPSA) is 53.8 Å². The summed E-state index contributed by atoms with van der Waals surface area (Å²) in [7, 11) is 0. The third-order valence-electron chi connectivity index (χ3n) is 6.07. The van der Waals surface area contributed by atoms with Crippen molar-refractivity contribution in [1.82, 2.24) is 9.80 Å². The first-order valence-electron chi connectivity index (χ1n) is 9.76. The van der Waals surface area contributed by atoms with Crippen LogP contribution >= 0.6 is 0 Å². The Hall–Kier alpha value is -2.56. The minimum absolute atomic E-state index is 0.0210. The fourth-order valence-corrected chi connectivity index (χ4v) is 4.48. The highest BCUT2D eigenvalue weighted by molar-refractivity contribution is 5.96. The predicted molar refractivity (Wildman–Crippen MR) is 102 cm³/mol. The fraction of sp³-hybridized carbons (Fsp3) is 0.455. The molecule has 1 unspecified atom stereocenters. The Labute approximate surface area is 159 Å². The summed E-state index contributed by atoms with van der Waals surface area (Å²) in [6.07, 6.45) is 5.07. The van der Waals surface area contributed by atoms with Crippen LogP contribution in [0.15, 0.2) is 47.1 Å². The minimum Gasteiger partial charge on any atom is -0.469 e. The van der Waals surface area contributed by atoms with Gasteiger partial charge in [-0.15, -0.1) is 0 Å². The molecule has 1 atom stereocenters. The van der Waals surface area contributed by atoms with Gasteiger partial charge in [0.1, 0.15) is 5.76 Å². The van der Waals surface area contributed by atoms with Crippen LogP contribution in [0.25, 0.3) is 0 Å². The smallest absolute Gasteiger partial charge is 0.257 e. The molecule has 1 aromatic carbocycles. The van der Waals surface area contributed by atoms with Crippen LogP contribution < -0.4 is 0 Å². The van der Waals surface area contributed by atoms with Crippen molar-refractivity contribution in [3.63, 3.8) is 0 Å². The van der Waals surface area contributed by atoms with Gasteiger partial charge in [0.05, 0.1) is 17.2 Å². The van der Waals surface area contributed by atoms with Crippen molar-refractivity contribution in [2.24, 2.45) is 5.41 Å². The maximum absolute atomic E-state index is 13.3. The van der Waals surface area contributed by atoms with Gasteiger partial charge < -0.3 is 14.2 Å². The van der Waals surface area contributed by atoms with Crippen LogP contribution in [-0.4, -0.2) is 47.8 Å². The number of likely N-dealkylation sites (tertiary alicyclic amines) is 2. The molecule has 27 heavy (non-hydrogen) atoms. The van der Waals surface area contributed by atoms with Crippen molar-refractivity contribution in [1.29, 1.82) is 0 Å². The second kappa shape index (κ2) is 7.22. The first-order valence-corrected chi connectivity index (χ1v) is 9.76. The highest BCUT2D eigenvalue weighted by Gasteiger charge is 2.49. The SMILES string of the molecule is Cc1occc1C(=O)N1CCC2(CCCN(CCc3ccccc3)C2=O)C1. The maximum Gasteiger partial charge on any atom is 0.257 e. The molecule has 2 aliphatic rings. The Kier molecular flexibility index (Phi) is 4.77. The Morgan fingerprint density at radius 2 is 1.96 bits per heavy atom. The maximum atomic E-state index is 13.3. The van der Waals surface area contributed by atoms with E-state index < -0.39 is 5.41 Å². The molecular formula is C22H26N2O3. The van der Waals surface area contributed by atoms with Crippen molar-refractivity contribution in [3.05, 3.63) is 59.5 Å². The number of amides is 2. The number of carbonyl (C=O) groups is 2. The van der Waals surface area contributed by atoms with Gasteiger partial charge in [-0.05, 0) is 44.2 Å². The van der Waals surface area contributed by atoms with Crippen molar-refractivity contribution in [2.45, 2.75) is 32.6 Å². The van der Waals surface area contributed by atoms with Crippen molar-refractivity contribution in [2.75, 3.05) is 26.2 Å². The van der Waals surface area contributed by atoms with Crippen molar-refractivity contribution >= 4 is 11.8 Å². The van der Waals surface area contributed by atoms with Gasteiger partial charge in [-0.2, -0.15) is 0 Å². The molecule has 142 valence electrons. The van der Waals surface area contributed by atoms with E-state index in [4.69, 9.17) is 4.42 Å². The number of hydrogen-bond acceptors (Lipinski definition) is 3. The minimum atomic E-state index is -0.401. The van der Waals surface area contributed by atoms with Crippen LogP contribution in [0, 0.1) is 12.3 Å². The molecule has 5 heteroatoms. The van der Waals surface area contributed by atoms with E-state index in [0.717, 1.165) is 38.8 Å². The lowest BCUT2D eigenvalue weighted by Gasteiger charge is -2.39. The normalized spacial score (nSPS) is 22.6. The van der Waals surface area contributed by atoms with Gasteiger partial charge in [0.15, 0.2) is 0 Å². The molecule has 0 N–H and O–H groups in total. The first-order chi connectivity index (χ1) is 13.1. The summed E-state index contributed by atoms with van der Waals surface area (Å²) >= 11 is 0. The Morgan fingerprint density at radius 1 is 1.15 bits per heavy atom. The zero-order valence-electron chi connectivity index (χ0n) is 15.8. The molecule has 2 amide bonds. The highest BCUT2D eigenvalue weighted by Crippen LogP contribution is 2.40. The van der Waals surface area contributed by atoms with Gasteiger partial charge in [0, 0.05) is 26.2 Å². The average Bonchev–Trinajstić information content (AvgIpc) is 3.31. The van der Waals surface area contributed by atoms with Gasteiger partial charge in [-0.25, -0.2) is 0 Å². The second-order valence-electron chi connectivity index (χ2n) is 7.78. The van der Waals surface area contributed by atoms with Crippen molar-refractivity contribution < 1.29 is 14.0 Å². The Bertz CT molecular complexity index is 829. The Balaban J connectivity index is 1.43. The van der Waals surface area contributed by atoms with Crippen molar-refractivity contribution in [3.8, 4) is 0 Å². The van der Waals surface area contributed by atoms with Crippen LogP contribution in [0.3, 0.4) is 0 Å². The number of aryl methyl sites for hydroxylation is 1. The lowest BCUT2D eigenvalue weighted by molar-refractivity contribution is -0.145. The standard InChI is InChI=1S/C22H26N2O3/c1-17-19(9-15-27-17)20(25)24-14-11-22(16-24)10-5-12-23(21(22)26)13-8-18-6-3-2-4-7-18/h2-4,6-7,9,15H,5,8,10-14,16H2,1H3. The number of furan rings is 1. The molecule has 2 saturated heterocycles. The second-order valence-corrected chi connectivity index (χ2v) is 7.78. The van der Waals surface area contributed by atoms with Gasteiger partial charge in [0.25, 0.3) is 5.91 Å². The molecule has 3 heterocycles. The van der Waals surface area contributed by atoms with E-state index in [1.807, 2.05) is 28.0 Å². The predicted octanol–water partition coefficient (Wildman–Crippen LogP) is 3.29. The number of rotatable bonds is 4. The summed E-state index contributed by atoms with van der Waals surface area (Å²) in [6.45, 7) is 4.54. The number of piperidine rings is 1. The van der Waals surface area contributed by atoms with Gasteiger partial charge in [0.2, 0.25) is 5.91 Å². The van der Waals surface area contributed by atoms with Crippen LogP contribution in [0.4, 0.5) is 0 Å². The van der Waals surface area contributed by atoms with E-state index in [1.165, 1.54) is 5.56 Å². The summed E-state index contributed by atoms with van der Waals surface area (Å²) in [6, 6.07) is 12.0. The highest BCUT2D eigenvalue weighted by atomic mass is 16.3. The van der Waals surface area contributed by atoms with Crippen LogP contribution in [0.2, 0.25) is 0 Å². The molecular weight excluding hydrogens is 340 g/mol. The molecule has 0 bridgehead atoms. The molecule has 1 aromatic heterocycles. The summed E-state index contributed by atoms with van der Waals surface area (Å²) in [4.78, 5) is 29.9. The number of hydrogen-bond donors (Lipinski definition) is 0. The van der Waals surface area contributed by atoms with E-state index in [2.05, 4.69) is 12.1 Å². The molecule has 0 radical (unpaired) electrons. The van der Waals surface area contributed by atoms with Crippen LogP contribution in [0.1, 0.15) is 40.9 Å². The van der Waals surface area contributed by atoms with E-state index >= 15 is 0 Å². The van der Waals surface area contributed by atoms with Gasteiger partial charge in [-0.1, -0.05) is 30.3 Å². The van der Waals surface area contributed by atoms with Crippen LogP contribution in [-0.2, 0) is 11.2 Å². The summed E-state index contributed by atoms with van der Waals surface area (Å²) in [5.74, 6) is 0.844. The largest absolute Gasteiger partial charge is 0.469 e. The van der Waals surface area contributed by atoms with Crippen LogP contribution in [0.5, 0.6) is 0 Å². The van der Waals surface area contributed by atoms with E-state index in [9.17, 15) is 9.59 Å². The molecule has 0 saturated carbocycles. The molecule has 2 fully saturated rings. The lowest BCUT2D eigenvalue weighted by Crippen LogP contribution is -2.50. The number of carbonyl (C=O) groups excluding carboxylic acids is 2. The fourth-order valence-electron chi connectivity index (χ4n) is 4.48. The molecule has 1 spiro atoms.